The predicted molar refractivity (Wildman–Crippen MR) is 122 cm³/mol. The number of benzene rings is 1. The molecule has 32 heavy (non-hydrogen) atoms. The number of carbonyl (C=O) groups excluding carboxylic acids is 2. The van der Waals surface area contributed by atoms with Crippen molar-refractivity contribution >= 4 is 28.1 Å². The van der Waals surface area contributed by atoms with Gasteiger partial charge in [-0.15, -0.1) is 0 Å². The number of hydrogen-bond donors (Lipinski definition) is 3. The molecule has 0 aliphatic heterocycles. The maximum Gasteiger partial charge on any atom is 0.254 e. The minimum atomic E-state index is -4.04. The van der Waals surface area contributed by atoms with Gasteiger partial charge in [-0.05, 0) is 56.6 Å². The fourth-order valence-corrected chi connectivity index (χ4v) is 4.14. The molecule has 0 aliphatic rings. The van der Waals surface area contributed by atoms with Gasteiger partial charge in [0.2, 0.25) is 15.9 Å². The maximum absolute atomic E-state index is 13.1. The van der Waals surface area contributed by atoms with Crippen molar-refractivity contribution in [2.45, 2.75) is 51.1 Å². The second-order valence-corrected chi connectivity index (χ2v) is 10.3. The van der Waals surface area contributed by atoms with E-state index in [9.17, 15) is 22.4 Å². The first-order chi connectivity index (χ1) is 14.8. The SMILES string of the molecule is CC(C)C[C@@H](/C=N/NC(=O)CN(C)C)NC(=O)[C@@H](NS(=O)(=O)c1ccc(F)cc1)C(C)C. The third-order valence-corrected chi connectivity index (χ3v) is 5.77. The molecule has 0 fully saturated rings. The average Bonchev–Trinajstić information content (AvgIpc) is 2.65. The van der Waals surface area contributed by atoms with Crippen LogP contribution >= 0.6 is 0 Å². The smallest absolute Gasteiger partial charge is 0.254 e. The number of rotatable bonds is 12. The number of amides is 2. The lowest BCUT2D eigenvalue weighted by Gasteiger charge is -2.24. The third-order valence-electron chi connectivity index (χ3n) is 4.31. The van der Waals surface area contributed by atoms with Gasteiger partial charge in [0, 0.05) is 6.21 Å². The van der Waals surface area contributed by atoms with E-state index in [-0.39, 0.29) is 29.2 Å². The highest BCUT2D eigenvalue weighted by Crippen LogP contribution is 2.13. The van der Waals surface area contributed by atoms with Gasteiger partial charge in [-0.1, -0.05) is 27.7 Å². The van der Waals surface area contributed by atoms with Crippen LogP contribution in [0.3, 0.4) is 0 Å². The van der Waals surface area contributed by atoms with Gasteiger partial charge < -0.3 is 10.2 Å². The van der Waals surface area contributed by atoms with Gasteiger partial charge in [0.1, 0.15) is 11.9 Å². The summed E-state index contributed by atoms with van der Waals surface area (Å²) in [5, 5.41) is 6.72. The minimum absolute atomic E-state index is 0.138. The Morgan fingerprint density at radius 2 is 1.72 bits per heavy atom. The Labute approximate surface area is 189 Å². The van der Waals surface area contributed by atoms with E-state index in [4.69, 9.17) is 0 Å². The standard InChI is InChI=1S/C21H34FN5O4S/c1-14(2)11-17(12-23-25-19(28)13-27(5)6)24-21(29)20(15(3)4)26-32(30,31)18-9-7-16(22)8-10-18/h7-10,12,14-15,17,20,26H,11,13H2,1-6H3,(H,24,29)(H,25,28)/b23-12+/t17-,20-/m0/s1. The van der Waals surface area contributed by atoms with E-state index in [2.05, 4.69) is 20.6 Å². The Balaban J connectivity index is 2.93. The molecule has 0 saturated heterocycles. The molecular formula is C21H34FN5O4S. The highest BCUT2D eigenvalue weighted by Gasteiger charge is 2.29. The largest absolute Gasteiger partial charge is 0.347 e. The van der Waals surface area contributed by atoms with E-state index < -0.39 is 33.8 Å². The van der Waals surface area contributed by atoms with Crippen LogP contribution < -0.4 is 15.5 Å². The summed E-state index contributed by atoms with van der Waals surface area (Å²) in [5.74, 6) is -1.54. The molecule has 2 atom stereocenters. The van der Waals surface area contributed by atoms with Crippen LogP contribution in [0.15, 0.2) is 34.3 Å². The lowest BCUT2D eigenvalue weighted by atomic mass is 10.0. The van der Waals surface area contributed by atoms with E-state index in [1.165, 1.54) is 6.21 Å². The first-order valence-electron chi connectivity index (χ1n) is 10.4. The zero-order valence-corrected chi connectivity index (χ0v) is 20.2. The van der Waals surface area contributed by atoms with Crippen molar-refractivity contribution in [1.82, 2.24) is 20.4 Å². The molecule has 1 aromatic rings. The number of halogens is 1. The quantitative estimate of drug-likeness (QED) is 0.314. The van der Waals surface area contributed by atoms with Crippen LogP contribution in [0, 0.1) is 17.7 Å². The number of carbonyl (C=O) groups is 2. The fourth-order valence-electron chi connectivity index (χ4n) is 2.80. The summed E-state index contributed by atoms with van der Waals surface area (Å²) in [6.07, 6.45) is 1.96. The number of likely N-dealkylation sites (N-methyl/N-ethyl adjacent to an activating group) is 1. The van der Waals surface area contributed by atoms with Crippen LogP contribution in [0.25, 0.3) is 0 Å². The second-order valence-electron chi connectivity index (χ2n) is 8.59. The number of nitrogens with one attached hydrogen (secondary N) is 3. The molecule has 0 heterocycles. The summed E-state index contributed by atoms with van der Waals surface area (Å²) < 4.78 is 40.9. The lowest BCUT2D eigenvalue weighted by Crippen LogP contribution is -2.52. The Morgan fingerprint density at radius 3 is 2.22 bits per heavy atom. The van der Waals surface area contributed by atoms with Gasteiger partial charge in [-0.2, -0.15) is 9.82 Å². The number of hydrazone groups is 1. The monoisotopic (exact) mass is 471 g/mol. The van der Waals surface area contributed by atoms with Crippen LogP contribution in [-0.4, -0.2) is 64.1 Å². The molecule has 0 spiro atoms. The summed E-state index contributed by atoms with van der Waals surface area (Å²) in [5.41, 5.74) is 2.40. The molecule has 9 nitrogen and oxygen atoms in total. The van der Waals surface area contributed by atoms with Gasteiger partial charge in [0.15, 0.2) is 0 Å². The molecule has 0 radical (unpaired) electrons. The van der Waals surface area contributed by atoms with Crippen molar-refractivity contribution in [3.63, 3.8) is 0 Å². The second kappa shape index (κ2) is 12.6. The van der Waals surface area contributed by atoms with E-state index >= 15 is 0 Å². The van der Waals surface area contributed by atoms with Gasteiger partial charge in [0.05, 0.1) is 17.5 Å². The van der Waals surface area contributed by atoms with Gasteiger partial charge >= 0.3 is 0 Å². The van der Waals surface area contributed by atoms with Crippen molar-refractivity contribution in [2.24, 2.45) is 16.9 Å². The van der Waals surface area contributed by atoms with E-state index in [0.29, 0.717) is 6.42 Å². The van der Waals surface area contributed by atoms with Crippen LogP contribution in [-0.2, 0) is 19.6 Å². The van der Waals surface area contributed by atoms with E-state index in [0.717, 1.165) is 24.3 Å². The van der Waals surface area contributed by atoms with Crippen LogP contribution in [0.5, 0.6) is 0 Å². The highest BCUT2D eigenvalue weighted by molar-refractivity contribution is 7.89. The summed E-state index contributed by atoms with van der Waals surface area (Å²) in [7, 11) is -0.529. The van der Waals surface area contributed by atoms with Crippen LogP contribution in [0.4, 0.5) is 4.39 Å². The Hall–Kier alpha value is -2.37. The van der Waals surface area contributed by atoms with Crippen molar-refractivity contribution < 1.29 is 22.4 Å². The van der Waals surface area contributed by atoms with Gasteiger partial charge in [-0.3, -0.25) is 9.59 Å². The first kappa shape index (κ1) is 27.7. The average molecular weight is 472 g/mol. The molecule has 0 aliphatic carbocycles. The molecule has 3 N–H and O–H groups in total. The summed E-state index contributed by atoms with van der Waals surface area (Å²) in [6, 6.07) is 2.78. The minimum Gasteiger partial charge on any atom is -0.347 e. The molecule has 1 rings (SSSR count). The topological polar surface area (TPSA) is 120 Å². The third kappa shape index (κ3) is 9.84. The van der Waals surface area contributed by atoms with E-state index in [1.807, 2.05) is 13.8 Å². The Morgan fingerprint density at radius 1 is 1.12 bits per heavy atom. The zero-order valence-electron chi connectivity index (χ0n) is 19.4. The summed E-state index contributed by atoms with van der Waals surface area (Å²) in [6.45, 7) is 7.53. The zero-order chi connectivity index (χ0) is 24.5. The van der Waals surface area contributed by atoms with Gasteiger partial charge in [0.25, 0.3) is 5.91 Å². The molecule has 1 aromatic carbocycles. The number of hydrogen-bond acceptors (Lipinski definition) is 6. The van der Waals surface area contributed by atoms with Crippen LogP contribution in [0.2, 0.25) is 0 Å². The van der Waals surface area contributed by atoms with Crippen LogP contribution in [0.1, 0.15) is 34.1 Å². The Kier molecular flexibility index (Phi) is 10.9. The first-order valence-corrected chi connectivity index (χ1v) is 11.8. The fraction of sp³-hybridized carbons (Fsp3) is 0.571. The predicted octanol–water partition coefficient (Wildman–Crippen LogP) is 1.32. The van der Waals surface area contributed by atoms with Crippen molar-refractivity contribution in [2.75, 3.05) is 20.6 Å². The van der Waals surface area contributed by atoms with Crippen molar-refractivity contribution in [3.8, 4) is 0 Å². The molecule has 0 bridgehead atoms. The number of nitrogens with zero attached hydrogens (tertiary/aromatic N) is 2. The molecule has 2 amide bonds. The molecule has 11 heteroatoms. The normalized spacial score (nSPS) is 14.2. The van der Waals surface area contributed by atoms with Crippen molar-refractivity contribution in [1.29, 1.82) is 0 Å². The molecule has 0 saturated carbocycles. The molecule has 180 valence electrons. The lowest BCUT2D eigenvalue weighted by molar-refractivity contribution is -0.124. The van der Waals surface area contributed by atoms with Gasteiger partial charge in [-0.25, -0.2) is 18.2 Å². The maximum atomic E-state index is 13.1. The molecule has 0 aromatic heterocycles. The highest BCUT2D eigenvalue weighted by atomic mass is 32.2. The van der Waals surface area contributed by atoms with Crippen molar-refractivity contribution in [3.05, 3.63) is 30.1 Å². The summed E-state index contributed by atoms with van der Waals surface area (Å²) in [4.78, 5) is 26.2. The Bertz CT molecular complexity index is 886. The van der Waals surface area contributed by atoms with E-state index in [1.54, 1.807) is 32.8 Å². The summed E-state index contributed by atoms with van der Waals surface area (Å²) >= 11 is 0. The number of sulfonamides is 1. The molecule has 0 unspecified atom stereocenters. The molecular weight excluding hydrogens is 437 g/mol.